The Kier molecular flexibility index (Phi) is 5.98. The van der Waals surface area contributed by atoms with Gasteiger partial charge in [-0.25, -0.2) is 4.79 Å². The monoisotopic (exact) mass is 319 g/mol. The van der Waals surface area contributed by atoms with Gasteiger partial charge in [-0.15, -0.1) is 0 Å². The van der Waals surface area contributed by atoms with Crippen molar-refractivity contribution in [3.8, 4) is 0 Å². The molecule has 1 heterocycles. The summed E-state index contributed by atoms with van der Waals surface area (Å²) in [5.74, 6) is 0.312. The van der Waals surface area contributed by atoms with Gasteiger partial charge in [-0.1, -0.05) is 13.8 Å². The number of carbonyl (C=O) groups is 2. The molecule has 1 aliphatic heterocycles. The fourth-order valence-electron chi connectivity index (χ4n) is 2.31. The summed E-state index contributed by atoms with van der Waals surface area (Å²) in [6.45, 7) is 8.42. The lowest BCUT2D eigenvalue weighted by atomic mass is 10.1. The molecule has 2 rings (SSSR count). The Morgan fingerprint density at radius 3 is 2.61 bits per heavy atom. The number of hydrogen-bond donors (Lipinski definition) is 2. The van der Waals surface area contributed by atoms with Crippen molar-refractivity contribution in [2.24, 2.45) is 5.92 Å². The number of ether oxygens (including phenoxy) is 1. The van der Waals surface area contributed by atoms with Crippen molar-refractivity contribution in [1.29, 1.82) is 0 Å². The van der Waals surface area contributed by atoms with Gasteiger partial charge in [-0.05, 0) is 37.1 Å². The maximum atomic E-state index is 12.2. The minimum Gasteiger partial charge on any atom is -0.375 e. The van der Waals surface area contributed by atoms with Gasteiger partial charge in [-0.3, -0.25) is 4.79 Å². The predicted octanol–water partition coefficient (Wildman–Crippen LogP) is 2.33. The molecule has 0 radical (unpaired) electrons. The Balaban J connectivity index is 1.89. The molecule has 2 N–H and O–H groups in total. The summed E-state index contributed by atoms with van der Waals surface area (Å²) in [4.78, 5) is 25.9. The van der Waals surface area contributed by atoms with Crippen LogP contribution in [0.2, 0.25) is 0 Å². The summed E-state index contributed by atoms with van der Waals surface area (Å²) in [6, 6.07) is 6.77. The van der Waals surface area contributed by atoms with E-state index in [-0.39, 0.29) is 18.0 Å². The number of hydrogen-bond acceptors (Lipinski definition) is 3. The number of amides is 3. The Morgan fingerprint density at radius 2 is 2.00 bits per heavy atom. The summed E-state index contributed by atoms with van der Waals surface area (Å²) in [6.07, 6.45) is 0.0570. The smallest absolute Gasteiger partial charge is 0.322 e. The predicted molar refractivity (Wildman–Crippen MR) is 89.6 cm³/mol. The van der Waals surface area contributed by atoms with E-state index < -0.39 is 0 Å². The topological polar surface area (TPSA) is 70.7 Å². The van der Waals surface area contributed by atoms with E-state index in [2.05, 4.69) is 10.6 Å². The van der Waals surface area contributed by atoms with Gasteiger partial charge < -0.3 is 20.3 Å². The lowest BCUT2D eigenvalue weighted by molar-refractivity contribution is -0.00138. The van der Waals surface area contributed by atoms with Gasteiger partial charge in [0.2, 0.25) is 0 Å². The van der Waals surface area contributed by atoms with E-state index in [0.717, 1.165) is 0 Å². The number of nitrogens with zero attached hydrogens (tertiary/aromatic N) is 1. The highest BCUT2D eigenvalue weighted by molar-refractivity contribution is 5.95. The highest BCUT2D eigenvalue weighted by Gasteiger charge is 2.21. The van der Waals surface area contributed by atoms with E-state index >= 15 is 0 Å². The van der Waals surface area contributed by atoms with Crippen molar-refractivity contribution in [3.63, 3.8) is 0 Å². The molecule has 1 unspecified atom stereocenters. The van der Waals surface area contributed by atoms with Crippen LogP contribution in [0.15, 0.2) is 24.3 Å². The minimum absolute atomic E-state index is 0.0570. The zero-order valence-corrected chi connectivity index (χ0v) is 14.0. The van der Waals surface area contributed by atoms with Crippen LogP contribution in [-0.4, -0.2) is 49.2 Å². The molecule has 23 heavy (non-hydrogen) atoms. The highest BCUT2D eigenvalue weighted by atomic mass is 16.5. The van der Waals surface area contributed by atoms with Gasteiger partial charge in [0, 0.05) is 30.9 Å². The average molecular weight is 319 g/mol. The molecule has 0 spiro atoms. The first-order valence-electron chi connectivity index (χ1n) is 8.01. The molecule has 0 aliphatic carbocycles. The van der Waals surface area contributed by atoms with Crippen LogP contribution in [0.4, 0.5) is 10.5 Å². The molecule has 1 aromatic carbocycles. The van der Waals surface area contributed by atoms with Gasteiger partial charge in [0.1, 0.15) is 0 Å². The van der Waals surface area contributed by atoms with E-state index in [1.54, 1.807) is 29.2 Å². The molecule has 0 aromatic heterocycles. The zero-order valence-electron chi connectivity index (χ0n) is 14.0. The molecule has 126 valence electrons. The number of rotatable bonds is 4. The summed E-state index contributed by atoms with van der Waals surface area (Å²) >= 11 is 0. The first-order valence-corrected chi connectivity index (χ1v) is 8.01. The molecule has 1 atom stereocenters. The molecule has 3 amide bonds. The molecule has 1 saturated heterocycles. The van der Waals surface area contributed by atoms with Gasteiger partial charge in [0.05, 0.1) is 12.7 Å². The lowest BCUT2D eigenvalue weighted by Gasteiger charge is -2.31. The molecule has 6 heteroatoms. The maximum absolute atomic E-state index is 12.2. The quantitative estimate of drug-likeness (QED) is 0.895. The Hall–Kier alpha value is -2.08. The molecule has 1 aliphatic rings. The third kappa shape index (κ3) is 5.25. The SMILES string of the molecule is CC(C)CNC(=O)c1ccc(NC(=O)N2CCOC(C)C2)cc1. The Morgan fingerprint density at radius 1 is 1.30 bits per heavy atom. The molecule has 0 saturated carbocycles. The average Bonchev–Trinajstić information content (AvgIpc) is 2.53. The van der Waals surface area contributed by atoms with Crippen LogP contribution in [-0.2, 0) is 4.74 Å². The van der Waals surface area contributed by atoms with E-state index in [9.17, 15) is 9.59 Å². The standard InChI is InChI=1S/C17H25N3O3/c1-12(2)10-18-16(21)14-4-6-15(7-5-14)19-17(22)20-8-9-23-13(3)11-20/h4-7,12-13H,8-11H2,1-3H3,(H,18,21)(H,19,22). The maximum Gasteiger partial charge on any atom is 0.322 e. The van der Waals surface area contributed by atoms with Crippen molar-refractivity contribution in [2.45, 2.75) is 26.9 Å². The molecular formula is C17H25N3O3. The number of urea groups is 1. The van der Waals surface area contributed by atoms with Crippen molar-refractivity contribution in [2.75, 3.05) is 31.6 Å². The van der Waals surface area contributed by atoms with Gasteiger partial charge in [0.15, 0.2) is 0 Å². The fourth-order valence-corrected chi connectivity index (χ4v) is 2.31. The number of benzene rings is 1. The minimum atomic E-state index is -0.142. The van der Waals surface area contributed by atoms with Crippen LogP contribution in [0.5, 0.6) is 0 Å². The Bertz CT molecular complexity index is 543. The second kappa shape index (κ2) is 7.97. The van der Waals surface area contributed by atoms with Crippen LogP contribution in [0.25, 0.3) is 0 Å². The van der Waals surface area contributed by atoms with Gasteiger partial charge >= 0.3 is 6.03 Å². The van der Waals surface area contributed by atoms with E-state index in [0.29, 0.717) is 43.4 Å². The largest absolute Gasteiger partial charge is 0.375 e. The van der Waals surface area contributed by atoms with Crippen molar-refractivity contribution in [3.05, 3.63) is 29.8 Å². The number of anilines is 1. The molecular weight excluding hydrogens is 294 g/mol. The van der Waals surface area contributed by atoms with Crippen LogP contribution < -0.4 is 10.6 Å². The van der Waals surface area contributed by atoms with Crippen LogP contribution in [0, 0.1) is 5.92 Å². The van der Waals surface area contributed by atoms with Crippen LogP contribution in [0.3, 0.4) is 0 Å². The normalized spacial score (nSPS) is 17.9. The van der Waals surface area contributed by atoms with Crippen molar-refractivity contribution >= 4 is 17.6 Å². The van der Waals surface area contributed by atoms with E-state index in [4.69, 9.17) is 4.74 Å². The second-order valence-electron chi connectivity index (χ2n) is 6.24. The van der Waals surface area contributed by atoms with Crippen LogP contribution in [0.1, 0.15) is 31.1 Å². The summed E-state index contributed by atoms with van der Waals surface area (Å²) in [7, 11) is 0. The third-order valence-electron chi connectivity index (χ3n) is 3.60. The number of morpholine rings is 1. The highest BCUT2D eigenvalue weighted by Crippen LogP contribution is 2.12. The van der Waals surface area contributed by atoms with Gasteiger partial charge in [0.25, 0.3) is 5.91 Å². The molecule has 1 aromatic rings. The summed E-state index contributed by atoms with van der Waals surface area (Å²) in [5.41, 5.74) is 1.26. The van der Waals surface area contributed by atoms with Crippen molar-refractivity contribution in [1.82, 2.24) is 10.2 Å². The number of nitrogens with one attached hydrogen (secondary N) is 2. The fraction of sp³-hybridized carbons (Fsp3) is 0.529. The molecule has 6 nitrogen and oxygen atoms in total. The summed E-state index contributed by atoms with van der Waals surface area (Å²) < 4.78 is 5.42. The summed E-state index contributed by atoms with van der Waals surface area (Å²) in [5, 5.41) is 5.72. The zero-order chi connectivity index (χ0) is 16.8. The van der Waals surface area contributed by atoms with Crippen LogP contribution >= 0.6 is 0 Å². The van der Waals surface area contributed by atoms with E-state index in [1.165, 1.54) is 0 Å². The van der Waals surface area contributed by atoms with Crippen molar-refractivity contribution < 1.29 is 14.3 Å². The first kappa shape index (κ1) is 17.3. The lowest BCUT2D eigenvalue weighted by Crippen LogP contribution is -2.46. The Labute approximate surface area is 137 Å². The first-order chi connectivity index (χ1) is 11.0. The van der Waals surface area contributed by atoms with E-state index in [1.807, 2.05) is 20.8 Å². The second-order valence-corrected chi connectivity index (χ2v) is 6.24. The van der Waals surface area contributed by atoms with Gasteiger partial charge in [-0.2, -0.15) is 0 Å². The molecule has 0 bridgehead atoms. The third-order valence-corrected chi connectivity index (χ3v) is 3.60. The molecule has 1 fully saturated rings. The number of carbonyl (C=O) groups excluding carboxylic acids is 2.